The first-order chi connectivity index (χ1) is 6.18. The Labute approximate surface area is 74.0 Å². The molecule has 1 nitrogen and oxygen atoms in total. The average Bonchev–Trinajstić information content (AvgIpc) is 2.07. The molecule has 0 spiro atoms. The van der Waals surface area contributed by atoms with Gasteiger partial charge < -0.3 is 0 Å². The highest BCUT2D eigenvalue weighted by Gasteiger charge is 2.05. The molecular weight excluding hydrogens is 172 g/mol. The molecule has 1 aromatic carbocycles. The van der Waals surface area contributed by atoms with Crippen molar-refractivity contribution in [2.24, 2.45) is 0 Å². The first kappa shape index (κ1) is 8.10. The molecule has 1 heterocycles. The van der Waals surface area contributed by atoms with Gasteiger partial charge in [0.05, 0.1) is 0 Å². The van der Waals surface area contributed by atoms with Gasteiger partial charge in [0.2, 0.25) is 5.95 Å². The van der Waals surface area contributed by atoms with E-state index in [-0.39, 0.29) is 5.52 Å². The first-order valence-corrected chi connectivity index (χ1v) is 3.90. The Kier molecular flexibility index (Phi) is 1.72. The van der Waals surface area contributed by atoms with Crippen LogP contribution in [0, 0.1) is 18.7 Å². The molecular formula is C10H7F2N. The number of nitrogens with zero attached hydrogens (tertiary/aromatic N) is 1. The van der Waals surface area contributed by atoms with Crippen molar-refractivity contribution in [3.8, 4) is 0 Å². The van der Waals surface area contributed by atoms with Crippen LogP contribution in [0.15, 0.2) is 24.3 Å². The van der Waals surface area contributed by atoms with E-state index < -0.39 is 11.8 Å². The minimum absolute atomic E-state index is 0.0972. The molecule has 0 saturated heterocycles. The first-order valence-electron chi connectivity index (χ1n) is 3.90. The quantitative estimate of drug-likeness (QED) is 0.566. The molecule has 13 heavy (non-hydrogen) atoms. The topological polar surface area (TPSA) is 12.9 Å². The molecule has 0 aliphatic rings. The lowest BCUT2D eigenvalue weighted by atomic mass is 10.1. The van der Waals surface area contributed by atoms with Crippen molar-refractivity contribution >= 4 is 10.9 Å². The maximum atomic E-state index is 13.1. The lowest BCUT2D eigenvalue weighted by Gasteiger charge is -2.01. The van der Waals surface area contributed by atoms with E-state index in [0.717, 1.165) is 0 Å². The van der Waals surface area contributed by atoms with Crippen molar-refractivity contribution in [3.05, 3.63) is 41.6 Å². The van der Waals surface area contributed by atoms with E-state index in [1.165, 1.54) is 12.1 Å². The molecule has 0 unspecified atom stereocenters. The molecule has 0 fully saturated rings. The average molecular weight is 179 g/mol. The summed E-state index contributed by atoms with van der Waals surface area (Å²) in [5, 5.41) is 0.654. The van der Waals surface area contributed by atoms with Crippen molar-refractivity contribution in [2.75, 3.05) is 0 Å². The van der Waals surface area contributed by atoms with E-state index in [9.17, 15) is 8.78 Å². The molecule has 66 valence electrons. The maximum Gasteiger partial charge on any atom is 0.213 e. The Hall–Kier alpha value is -1.51. The van der Waals surface area contributed by atoms with Crippen LogP contribution in [0.2, 0.25) is 0 Å². The summed E-state index contributed by atoms with van der Waals surface area (Å²) in [5.74, 6) is -1.13. The Morgan fingerprint density at radius 3 is 2.77 bits per heavy atom. The second-order valence-corrected chi connectivity index (χ2v) is 2.90. The molecule has 2 aromatic rings. The lowest BCUT2D eigenvalue weighted by Crippen LogP contribution is -1.90. The molecule has 2 rings (SSSR count). The fourth-order valence-electron chi connectivity index (χ4n) is 1.34. The highest BCUT2D eigenvalue weighted by molar-refractivity contribution is 5.82. The number of hydrogen-bond acceptors (Lipinski definition) is 1. The van der Waals surface area contributed by atoms with Gasteiger partial charge in [-0.2, -0.15) is 4.39 Å². The Morgan fingerprint density at radius 1 is 1.23 bits per heavy atom. The molecule has 0 saturated carbocycles. The number of para-hydroxylation sites is 1. The molecule has 3 heteroatoms. The van der Waals surface area contributed by atoms with Gasteiger partial charge in [-0.25, -0.2) is 9.37 Å². The second kappa shape index (κ2) is 2.76. The van der Waals surface area contributed by atoms with Gasteiger partial charge in [0, 0.05) is 5.39 Å². The largest absolute Gasteiger partial charge is 0.217 e. The van der Waals surface area contributed by atoms with E-state index in [0.29, 0.717) is 10.9 Å². The zero-order valence-electron chi connectivity index (χ0n) is 7.01. The third-order valence-corrected chi connectivity index (χ3v) is 1.97. The van der Waals surface area contributed by atoms with Crippen molar-refractivity contribution in [1.82, 2.24) is 4.98 Å². The van der Waals surface area contributed by atoms with Crippen LogP contribution in [-0.2, 0) is 0 Å². The summed E-state index contributed by atoms with van der Waals surface area (Å²) in [5.41, 5.74) is 0.794. The van der Waals surface area contributed by atoms with E-state index >= 15 is 0 Å². The summed E-state index contributed by atoms with van der Waals surface area (Å²) in [4.78, 5) is 3.49. The van der Waals surface area contributed by atoms with Crippen LogP contribution in [0.5, 0.6) is 0 Å². The predicted octanol–water partition coefficient (Wildman–Crippen LogP) is 2.82. The molecule has 0 atom stereocenters. The van der Waals surface area contributed by atoms with Crippen LogP contribution in [0.3, 0.4) is 0 Å². The number of aryl methyl sites for hydroxylation is 1. The number of benzene rings is 1. The van der Waals surface area contributed by atoms with E-state index in [2.05, 4.69) is 4.98 Å². The number of hydrogen-bond donors (Lipinski definition) is 0. The molecule has 0 aliphatic heterocycles. The van der Waals surface area contributed by atoms with Crippen LogP contribution in [-0.4, -0.2) is 4.98 Å². The van der Waals surface area contributed by atoms with Crippen molar-refractivity contribution in [3.63, 3.8) is 0 Å². The van der Waals surface area contributed by atoms with Crippen LogP contribution in [0.4, 0.5) is 8.78 Å². The van der Waals surface area contributed by atoms with Gasteiger partial charge in [-0.3, -0.25) is 0 Å². The third-order valence-electron chi connectivity index (χ3n) is 1.97. The van der Waals surface area contributed by atoms with Crippen molar-refractivity contribution in [1.29, 1.82) is 0 Å². The zero-order valence-corrected chi connectivity index (χ0v) is 7.01. The van der Waals surface area contributed by atoms with Gasteiger partial charge in [0.1, 0.15) is 11.3 Å². The maximum absolute atomic E-state index is 13.1. The normalized spacial score (nSPS) is 10.7. The van der Waals surface area contributed by atoms with Gasteiger partial charge in [0.15, 0.2) is 0 Å². The molecule has 0 aliphatic carbocycles. The lowest BCUT2D eigenvalue weighted by molar-refractivity contribution is 0.580. The van der Waals surface area contributed by atoms with Crippen molar-refractivity contribution in [2.45, 2.75) is 6.92 Å². The smallest absolute Gasteiger partial charge is 0.213 e. The summed E-state index contributed by atoms with van der Waals surface area (Å²) in [6.07, 6.45) is 0. The predicted molar refractivity (Wildman–Crippen MR) is 46.4 cm³/mol. The summed E-state index contributed by atoms with van der Waals surface area (Å²) in [6, 6.07) is 5.88. The van der Waals surface area contributed by atoms with Crippen LogP contribution in [0.25, 0.3) is 10.9 Å². The fraction of sp³-hybridized carbons (Fsp3) is 0.100. The monoisotopic (exact) mass is 179 g/mol. The second-order valence-electron chi connectivity index (χ2n) is 2.90. The number of rotatable bonds is 0. The molecule has 0 amide bonds. The summed E-state index contributed by atoms with van der Waals surface area (Å²) in [7, 11) is 0. The van der Waals surface area contributed by atoms with Gasteiger partial charge in [-0.1, -0.05) is 12.1 Å². The number of aromatic nitrogens is 1. The Morgan fingerprint density at radius 2 is 2.00 bits per heavy atom. The van der Waals surface area contributed by atoms with Gasteiger partial charge in [-0.05, 0) is 24.6 Å². The van der Waals surface area contributed by atoms with Crippen molar-refractivity contribution < 1.29 is 8.78 Å². The van der Waals surface area contributed by atoms with Crippen LogP contribution >= 0.6 is 0 Å². The van der Waals surface area contributed by atoms with Gasteiger partial charge in [-0.15, -0.1) is 0 Å². The SMILES string of the molecule is Cc1cc(F)nc2c(F)cccc12. The minimum Gasteiger partial charge on any atom is -0.217 e. The molecule has 0 N–H and O–H groups in total. The summed E-state index contributed by atoms with van der Waals surface area (Å²) < 4.78 is 25.9. The molecule has 1 aromatic heterocycles. The zero-order chi connectivity index (χ0) is 9.42. The number of pyridine rings is 1. The molecule has 0 bridgehead atoms. The highest BCUT2D eigenvalue weighted by atomic mass is 19.1. The Bertz CT molecular complexity index is 466. The number of halogens is 2. The standard InChI is InChI=1S/C10H7F2N/c1-6-5-9(12)13-10-7(6)3-2-4-8(10)11/h2-5H,1H3. The van der Waals surface area contributed by atoms with E-state index in [4.69, 9.17) is 0 Å². The summed E-state index contributed by atoms with van der Waals surface area (Å²) in [6.45, 7) is 1.73. The minimum atomic E-state index is -0.643. The van der Waals surface area contributed by atoms with E-state index in [1.807, 2.05) is 0 Å². The van der Waals surface area contributed by atoms with Crippen LogP contribution < -0.4 is 0 Å². The third kappa shape index (κ3) is 1.26. The van der Waals surface area contributed by atoms with Crippen LogP contribution in [0.1, 0.15) is 5.56 Å². The summed E-state index contributed by atoms with van der Waals surface area (Å²) >= 11 is 0. The molecule has 0 radical (unpaired) electrons. The number of fused-ring (bicyclic) bond motifs is 1. The Balaban J connectivity index is 2.94. The van der Waals surface area contributed by atoms with Gasteiger partial charge in [0.25, 0.3) is 0 Å². The van der Waals surface area contributed by atoms with E-state index in [1.54, 1.807) is 19.1 Å². The highest BCUT2D eigenvalue weighted by Crippen LogP contribution is 2.19. The fourth-order valence-corrected chi connectivity index (χ4v) is 1.34. The van der Waals surface area contributed by atoms with Gasteiger partial charge >= 0.3 is 0 Å².